The lowest BCUT2D eigenvalue weighted by atomic mass is 10.1. The minimum absolute atomic E-state index is 0.0232. The Hall–Kier alpha value is -2.17. The third-order valence-corrected chi connectivity index (χ3v) is 2.08. The molecule has 0 saturated carbocycles. The standard InChI is InChI=1S/C11H7F2NO2/c12-7-5-8(13)9(14)4-6(7)11(15)10-2-1-3-16-10/h1-5H,14H2. The molecule has 1 aromatic carbocycles. The SMILES string of the molecule is Nc1cc(C(=O)c2ccco2)c(F)cc1F. The van der Waals surface area contributed by atoms with Gasteiger partial charge in [0.15, 0.2) is 5.76 Å². The van der Waals surface area contributed by atoms with Crippen LogP contribution in [0.5, 0.6) is 0 Å². The Bertz CT molecular complexity index is 535. The second-order valence-electron chi connectivity index (χ2n) is 3.16. The molecule has 0 unspecified atom stereocenters. The molecule has 0 saturated heterocycles. The number of hydrogen-bond acceptors (Lipinski definition) is 3. The lowest BCUT2D eigenvalue weighted by molar-refractivity contribution is 0.100. The minimum atomic E-state index is -0.965. The molecule has 82 valence electrons. The number of anilines is 1. The lowest BCUT2D eigenvalue weighted by Crippen LogP contribution is -2.05. The molecule has 0 fully saturated rings. The average molecular weight is 223 g/mol. The zero-order chi connectivity index (χ0) is 11.7. The van der Waals surface area contributed by atoms with Crippen molar-refractivity contribution in [1.82, 2.24) is 0 Å². The summed E-state index contributed by atoms with van der Waals surface area (Å²) in [6.45, 7) is 0. The van der Waals surface area contributed by atoms with Crippen LogP contribution in [0, 0.1) is 11.6 Å². The van der Waals surface area contributed by atoms with Gasteiger partial charge >= 0.3 is 0 Å². The first-order valence-electron chi connectivity index (χ1n) is 4.42. The molecule has 0 bridgehead atoms. The van der Waals surface area contributed by atoms with Crippen molar-refractivity contribution < 1.29 is 18.0 Å². The largest absolute Gasteiger partial charge is 0.461 e. The summed E-state index contributed by atoms with van der Waals surface area (Å²) in [7, 11) is 0. The number of carbonyl (C=O) groups excluding carboxylic acids is 1. The zero-order valence-corrected chi connectivity index (χ0v) is 8.04. The maximum absolute atomic E-state index is 13.3. The van der Waals surface area contributed by atoms with Gasteiger partial charge in [-0.1, -0.05) is 0 Å². The van der Waals surface area contributed by atoms with E-state index >= 15 is 0 Å². The molecule has 0 aliphatic carbocycles. The fourth-order valence-corrected chi connectivity index (χ4v) is 1.28. The summed E-state index contributed by atoms with van der Waals surface area (Å²) in [5, 5.41) is 0. The fraction of sp³-hybridized carbons (Fsp3) is 0. The molecule has 0 spiro atoms. The Morgan fingerprint density at radius 1 is 1.25 bits per heavy atom. The Balaban J connectivity index is 2.49. The molecular formula is C11H7F2NO2. The first kappa shape index (κ1) is 10.4. The topological polar surface area (TPSA) is 56.2 Å². The van der Waals surface area contributed by atoms with E-state index in [1.54, 1.807) is 0 Å². The van der Waals surface area contributed by atoms with Crippen molar-refractivity contribution in [3.8, 4) is 0 Å². The van der Waals surface area contributed by atoms with Crippen LogP contribution in [0.3, 0.4) is 0 Å². The number of nitrogens with two attached hydrogens (primary N) is 1. The van der Waals surface area contributed by atoms with E-state index < -0.39 is 17.4 Å². The Kier molecular flexibility index (Phi) is 2.44. The number of rotatable bonds is 2. The monoisotopic (exact) mass is 223 g/mol. The van der Waals surface area contributed by atoms with Crippen molar-refractivity contribution >= 4 is 11.5 Å². The third kappa shape index (κ3) is 1.67. The van der Waals surface area contributed by atoms with Gasteiger partial charge in [-0.15, -0.1) is 0 Å². The van der Waals surface area contributed by atoms with Gasteiger partial charge in [-0.2, -0.15) is 0 Å². The van der Waals surface area contributed by atoms with Gasteiger partial charge in [0.1, 0.15) is 11.6 Å². The molecule has 2 N–H and O–H groups in total. The van der Waals surface area contributed by atoms with Crippen molar-refractivity contribution in [2.75, 3.05) is 5.73 Å². The van der Waals surface area contributed by atoms with Crippen molar-refractivity contribution in [3.05, 3.63) is 53.5 Å². The number of nitrogen functional groups attached to an aromatic ring is 1. The van der Waals surface area contributed by atoms with Crippen LogP contribution in [-0.4, -0.2) is 5.78 Å². The van der Waals surface area contributed by atoms with E-state index in [0.29, 0.717) is 6.07 Å². The lowest BCUT2D eigenvalue weighted by Gasteiger charge is -2.02. The van der Waals surface area contributed by atoms with E-state index in [0.717, 1.165) is 6.07 Å². The molecule has 5 heteroatoms. The third-order valence-electron chi connectivity index (χ3n) is 2.08. The second kappa shape index (κ2) is 3.77. The van der Waals surface area contributed by atoms with E-state index in [1.165, 1.54) is 18.4 Å². The molecule has 1 aromatic heterocycles. The molecule has 0 atom stereocenters. The number of hydrogen-bond donors (Lipinski definition) is 1. The highest BCUT2D eigenvalue weighted by molar-refractivity contribution is 6.07. The van der Waals surface area contributed by atoms with E-state index in [1.807, 2.05) is 0 Å². The van der Waals surface area contributed by atoms with Crippen molar-refractivity contribution in [3.63, 3.8) is 0 Å². The fourth-order valence-electron chi connectivity index (χ4n) is 1.28. The van der Waals surface area contributed by atoms with Crippen LogP contribution in [0.15, 0.2) is 34.9 Å². The predicted molar refractivity (Wildman–Crippen MR) is 52.9 cm³/mol. The van der Waals surface area contributed by atoms with Crippen LogP contribution >= 0.6 is 0 Å². The Labute approximate surface area is 89.5 Å². The number of carbonyl (C=O) groups is 1. The number of ketones is 1. The molecule has 2 rings (SSSR count). The van der Waals surface area contributed by atoms with Crippen LogP contribution < -0.4 is 5.73 Å². The Morgan fingerprint density at radius 3 is 2.62 bits per heavy atom. The highest BCUT2D eigenvalue weighted by Gasteiger charge is 2.18. The molecule has 0 amide bonds. The van der Waals surface area contributed by atoms with Gasteiger partial charge < -0.3 is 10.2 Å². The summed E-state index contributed by atoms with van der Waals surface area (Å²) in [6, 6.07) is 4.42. The Morgan fingerprint density at radius 2 is 2.00 bits per heavy atom. The number of halogens is 2. The van der Waals surface area contributed by atoms with Gasteiger partial charge in [0.05, 0.1) is 17.5 Å². The van der Waals surface area contributed by atoms with Gasteiger partial charge in [0, 0.05) is 6.07 Å². The quantitative estimate of drug-likeness (QED) is 0.628. The molecule has 2 aromatic rings. The number of furan rings is 1. The summed E-state index contributed by atoms with van der Waals surface area (Å²) >= 11 is 0. The maximum Gasteiger partial charge on any atom is 0.231 e. The molecule has 0 aliphatic heterocycles. The maximum atomic E-state index is 13.3. The predicted octanol–water partition coefficient (Wildman–Crippen LogP) is 2.37. The van der Waals surface area contributed by atoms with Gasteiger partial charge in [-0.25, -0.2) is 8.78 Å². The minimum Gasteiger partial charge on any atom is -0.461 e. The molecule has 16 heavy (non-hydrogen) atoms. The van der Waals surface area contributed by atoms with Gasteiger partial charge in [0.25, 0.3) is 0 Å². The van der Waals surface area contributed by atoms with Gasteiger partial charge in [-0.05, 0) is 18.2 Å². The van der Waals surface area contributed by atoms with Crippen LogP contribution in [0.4, 0.5) is 14.5 Å². The highest BCUT2D eigenvalue weighted by Crippen LogP contribution is 2.19. The first-order chi connectivity index (χ1) is 7.59. The molecular weight excluding hydrogens is 216 g/mol. The van der Waals surface area contributed by atoms with E-state index in [4.69, 9.17) is 10.2 Å². The highest BCUT2D eigenvalue weighted by atomic mass is 19.1. The van der Waals surface area contributed by atoms with Crippen LogP contribution in [0.25, 0.3) is 0 Å². The van der Waals surface area contributed by atoms with Crippen molar-refractivity contribution in [2.24, 2.45) is 0 Å². The van der Waals surface area contributed by atoms with Crippen LogP contribution in [0.1, 0.15) is 16.1 Å². The summed E-state index contributed by atoms with van der Waals surface area (Å²) in [4.78, 5) is 11.7. The summed E-state index contributed by atoms with van der Waals surface area (Å²) in [5.41, 5.74) is 4.66. The smallest absolute Gasteiger partial charge is 0.231 e. The molecule has 0 radical (unpaired) electrons. The zero-order valence-electron chi connectivity index (χ0n) is 8.04. The van der Waals surface area contributed by atoms with Gasteiger partial charge in [0.2, 0.25) is 5.78 Å². The van der Waals surface area contributed by atoms with E-state index in [-0.39, 0.29) is 17.0 Å². The van der Waals surface area contributed by atoms with Crippen molar-refractivity contribution in [2.45, 2.75) is 0 Å². The summed E-state index contributed by atoms with van der Waals surface area (Å²) in [5.74, 6) is -2.55. The normalized spacial score (nSPS) is 10.4. The molecule has 3 nitrogen and oxygen atoms in total. The van der Waals surface area contributed by atoms with Gasteiger partial charge in [-0.3, -0.25) is 4.79 Å². The first-order valence-corrected chi connectivity index (χ1v) is 4.42. The second-order valence-corrected chi connectivity index (χ2v) is 3.16. The van der Waals surface area contributed by atoms with Crippen LogP contribution in [-0.2, 0) is 0 Å². The summed E-state index contributed by atoms with van der Waals surface area (Å²) < 4.78 is 31.0. The van der Waals surface area contributed by atoms with Crippen LogP contribution in [0.2, 0.25) is 0 Å². The summed E-state index contributed by atoms with van der Waals surface area (Å²) in [6.07, 6.45) is 1.29. The van der Waals surface area contributed by atoms with Crippen molar-refractivity contribution in [1.29, 1.82) is 0 Å². The molecule has 0 aliphatic rings. The number of benzene rings is 1. The van der Waals surface area contributed by atoms with E-state index in [2.05, 4.69) is 0 Å². The van der Waals surface area contributed by atoms with E-state index in [9.17, 15) is 13.6 Å². The molecule has 1 heterocycles. The average Bonchev–Trinajstić information content (AvgIpc) is 2.75.